The van der Waals surface area contributed by atoms with Gasteiger partial charge in [0, 0.05) is 11.3 Å². The van der Waals surface area contributed by atoms with E-state index in [4.69, 9.17) is 10.5 Å². The first kappa shape index (κ1) is 15.7. The van der Waals surface area contributed by atoms with E-state index in [1.54, 1.807) is 14.0 Å². The molecule has 3 N–H and O–H groups in total. The number of hydrogen-bond acceptors (Lipinski definition) is 3. The summed E-state index contributed by atoms with van der Waals surface area (Å²) in [7, 11) is 1.62. The van der Waals surface area contributed by atoms with E-state index >= 15 is 0 Å². The molecule has 17 heavy (non-hydrogen) atoms. The summed E-state index contributed by atoms with van der Waals surface area (Å²) in [4.78, 5) is 11.5. The number of carbonyl (C=O) groups is 1. The number of benzene rings is 1. The summed E-state index contributed by atoms with van der Waals surface area (Å²) in [5, 5.41) is 2.77. The molecule has 4 nitrogen and oxygen atoms in total. The molecule has 0 heterocycles. The molecule has 1 aromatic rings. The highest BCUT2D eigenvalue weighted by Gasteiger charge is 2.12. The number of aryl methyl sites for hydroxylation is 1. The SMILES string of the molecule is COc1c(C)ccc(NC(=O)[C@@H](C)N)c1C.Cl. The molecule has 1 aromatic carbocycles. The third-order valence-corrected chi connectivity index (χ3v) is 2.48. The first-order valence-corrected chi connectivity index (χ1v) is 5.18. The smallest absolute Gasteiger partial charge is 0.241 e. The summed E-state index contributed by atoms with van der Waals surface area (Å²) in [6.45, 7) is 5.52. The second kappa shape index (κ2) is 6.47. The van der Waals surface area contributed by atoms with E-state index in [-0.39, 0.29) is 18.3 Å². The summed E-state index contributed by atoms with van der Waals surface area (Å²) in [5.74, 6) is 0.594. The van der Waals surface area contributed by atoms with E-state index in [9.17, 15) is 4.79 Å². The number of nitrogens with one attached hydrogen (secondary N) is 1. The molecule has 0 aliphatic rings. The number of ether oxygens (including phenoxy) is 1. The van der Waals surface area contributed by atoms with Gasteiger partial charge in [0.15, 0.2) is 0 Å². The van der Waals surface area contributed by atoms with E-state index < -0.39 is 6.04 Å². The third-order valence-electron chi connectivity index (χ3n) is 2.48. The average molecular weight is 259 g/mol. The Bertz CT molecular complexity index is 406. The minimum Gasteiger partial charge on any atom is -0.496 e. The van der Waals surface area contributed by atoms with Gasteiger partial charge in [-0.25, -0.2) is 0 Å². The van der Waals surface area contributed by atoms with Crippen LogP contribution in [0.2, 0.25) is 0 Å². The quantitative estimate of drug-likeness (QED) is 0.872. The van der Waals surface area contributed by atoms with Crippen LogP contribution in [0.5, 0.6) is 5.75 Å². The Balaban J connectivity index is 0.00000256. The molecule has 0 saturated heterocycles. The van der Waals surface area contributed by atoms with E-state index in [1.807, 2.05) is 26.0 Å². The van der Waals surface area contributed by atoms with Crippen LogP contribution in [0.15, 0.2) is 12.1 Å². The zero-order valence-corrected chi connectivity index (χ0v) is 11.4. The van der Waals surface area contributed by atoms with Crippen molar-refractivity contribution in [2.75, 3.05) is 12.4 Å². The van der Waals surface area contributed by atoms with Gasteiger partial charge in [0.25, 0.3) is 0 Å². The van der Waals surface area contributed by atoms with Crippen molar-refractivity contribution in [1.29, 1.82) is 0 Å². The van der Waals surface area contributed by atoms with Crippen LogP contribution in [0.25, 0.3) is 0 Å². The van der Waals surface area contributed by atoms with Crippen LogP contribution < -0.4 is 15.8 Å². The second-order valence-electron chi connectivity index (χ2n) is 3.87. The minimum atomic E-state index is -0.522. The highest BCUT2D eigenvalue weighted by atomic mass is 35.5. The number of methoxy groups -OCH3 is 1. The average Bonchev–Trinajstić information content (AvgIpc) is 2.22. The zero-order chi connectivity index (χ0) is 12.3. The lowest BCUT2D eigenvalue weighted by Gasteiger charge is -2.14. The van der Waals surface area contributed by atoms with Gasteiger partial charge >= 0.3 is 0 Å². The fourth-order valence-electron chi connectivity index (χ4n) is 1.52. The number of nitrogens with two attached hydrogens (primary N) is 1. The summed E-state index contributed by atoms with van der Waals surface area (Å²) in [6.07, 6.45) is 0. The fraction of sp³-hybridized carbons (Fsp3) is 0.417. The van der Waals surface area contributed by atoms with Gasteiger partial charge in [-0.2, -0.15) is 0 Å². The van der Waals surface area contributed by atoms with Crippen molar-refractivity contribution in [1.82, 2.24) is 0 Å². The van der Waals surface area contributed by atoms with Crippen molar-refractivity contribution in [3.63, 3.8) is 0 Å². The Kier molecular flexibility index (Phi) is 5.99. The lowest BCUT2D eigenvalue weighted by molar-refractivity contribution is -0.117. The van der Waals surface area contributed by atoms with Gasteiger partial charge in [0.05, 0.1) is 13.2 Å². The lowest BCUT2D eigenvalue weighted by atomic mass is 10.1. The van der Waals surface area contributed by atoms with Crippen LogP contribution >= 0.6 is 12.4 Å². The fourth-order valence-corrected chi connectivity index (χ4v) is 1.52. The normalized spacial score (nSPS) is 11.4. The van der Waals surface area contributed by atoms with Crippen LogP contribution in [-0.4, -0.2) is 19.1 Å². The summed E-state index contributed by atoms with van der Waals surface area (Å²) in [5.41, 5.74) is 8.19. The second-order valence-corrected chi connectivity index (χ2v) is 3.87. The van der Waals surface area contributed by atoms with Gasteiger partial charge in [0.2, 0.25) is 5.91 Å². The van der Waals surface area contributed by atoms with E-state index in [1.165, 1.54) is 0 Å². The van der Waals surface area contributed by atoms with Crippen LogP contribution in [0.4, 0.5) is 5.69 Å². The molecule has 5 heteroatoms. The molecule has 0 bridgehead atoms. The van der Waals surface area contributed by atoms with Crippen LogP contribution in [0.3, 0.4) is 0 Å². The van der Waals surface area contributed by atoms with Gasteiger partial charge in [0.1, 0.15) is 5.75 Å². The Morgan fingerprint density at radius 2 is 2.00 bits per heavy atom. The van der Waals surface area contributed by atoms with Gasteiger partial charge in [-0.05, 0) is 32.4 Å². The molecule has 0 aromatic heterocycles. The summed E-state index contributed by atoms with van der Waals surface area (Å²) in [6, 6.07) is 3.24. The molecule has 0 aliphatic carbocycles. The molecular weight excluding hydrogens is 240 g/mol. The van der Waals surface area contributed by atoms with Crippen LogP contribution in [0, 0.1) is 13.8 Å². The Labute approximate surface area is 108 Å². The van der Waals surface area contributed by atoms with Crippen LogP contribution in [0.1, 0.15) is 18.1 Å². The number of rotatable bonds is 3. The number of halogens is 1. The number of carbonyl (C=O) groups excluding carboxylic acids is 1. The van der Waals surface area contributed by atoms with E-state index in [0.717, 1.165) is 22.6 Å². The van der Waals surface area contributed by atoms with Gasteiger partial charge in [-0.15, -0.1) is 12.4 Å². The topological polar surface area (TPSA) is 64.3 Å². The molecule has 1 amide bonds. The molecular formula is C12H19ClN2O2. The van der Waals surface area contributed by atoms with E-state index in [0.29, 0.717) is 0 Å². The van der Waals surface area contributed by atoms with Crippen LogP contribution in [-0.2, 0) is 4.79 Å². The number of hydrogen-bond donors (Lipinski definition) is 2. The van der Waals surface area contributed by atoms with Gasteiger partial charge in [-0.1, -0.05) is 6.07 Å². The number of anilines is 1. The summed E-state index contributed by atoms with van der Waals surface area (Å²) >= 11 is 0. The van der Waals surface area contributed by atoms with Crippen molar-refractivity contribution in [2.45, 2.75) is 26.8 Å². The van der Waals surface area contributed by atoms with Gasteiger partial charge < -0.3 is 15.8 Å². The van der Waals surface area contributed by atoms with E-state index in [2.05, 4.69) is 5.32 Å². The van der Waals surface area contributed by atoms with Crippen molar-refractivity contribution >= 4 is 24.0 Å². The molecule has 0 aliphatic heterocycles. The Hall–Kier alpha value is -1.26. The highest BCUT2D eigenvalue weighted by molar-refractivity contribution is 5.95. The molecule has 1 atom stereocenters. The molecule has 0 fully saturated rings. The molecule has 96 valence electrons. The van der Waals surface area contributed by atoms with Crippen molar-refractivity contribution in [3.05, 3.63) is 23.3 Å². The monoisotopic (exact) mass is 258 g/mol. The Morgan fingerprint density at radius 3 is 2.47 bits per heavy atom. The molecule has 0 unspecified atom stereocenters. The third kappa shape index (κ3) is 3.61. The van der Waals surface area contributed by atoms with Crippen molar-refractivity contribution < 1.29 is 9.53 Å². The lowest BCUT2D eigenvalue weighted by Crippen LogP contribution is -2.32. The molecule has 0 spiro atoms. The van der Waals surface area contributed by atoms with Crippen molar-refractivity contribution in [2.24, 2.45) is 5.73 Å². The molecule has 0 saturated carbocycles. The Morgan fingerprint density at radius 1 is 1.41 bits per heavy atom. The predicted molar refractivity (Wildman–Crippen MR) is 72.0 cm³/mol. The predicted octanol–water partition coefficient (Wildman–Crippen LogP) is 2.02. The largest absolute Gasteiger partial charge is 0.496 e. The van der Waals surface area contributed by atoms with Crippen molar-refractivity contribution in [3.8, 4) is 5.75 Å². The first-order chi connectivity index (χ1) is 7.47. The summed E-state index contributed by atoms with van der Waals surface area (Å²) < 4.78 is 5.28. The maximum absolute atomic E-state index is 11.5. The number of amides is 1. The highest BCUT2D eigenvalue weighted by Crippen LogP contribution is 2.29. The maximum Gasteiger partial charge on any atom is 0.241 e. The molecule has 1 rings (SSSR count). The standard InChI is InChI=1S/C12H18N2O2.ClH/c1-7-5-6-10(8(2)11(7)16-4)14-12(15)9(3)13;/h5-6,9H,13H2,1-4H3,(H,14,15);1H/t9-;/m1./s1. The maximum atomic E-state index is 11.5. The zero-order valence-electron chi connectivity index (χ0n) is 10.5. The first-order valence-electron chi connectivity index (χ1n) is 5.18. The minimum absolute atomic E-state index is 0. The van der Waals surface area contributed by atoms with Gasteiger partial charge in [-0.3, -0.25) is 4.79 Å². The molecule has 0 radical (unpaired) electrons.